The van der Waals surface area contributed by atoms with Gasteiger partial charge >= 0.3 is 0 Å². The normalized spacial score (nSPS) is 16.0. The van der Waals surface area contributed by atoms with Gasteiger partial charge in [-0.05, 0) is 42.2 Å². The first kappa shape index (κ1) is 19.3. The summed E-state index contributed by atoms with van der Waals surface area (Å²) < 4.78 is 11.9. The summed E-state index contributed by atoms with van der Waals surface area (Å²) >= 11 is 3.45. The Hall–Kier alpha value is -2.71. The largest absolute Gasteiger partial charge is 0.454 e. The summed E-state index contributed by atoms with van der Waals surface area (Å²) in [5.74, 6) is 1.49. The van der Waals surface area contributed by atoms with E-state index >= 15 is 0 Å². The van der Waals surface area contributed by atoms with Crippen molar-refractivity contribution in [2.45, 2.75) is 4.90 Å². The average molecular weight is 440 g/mol. The van der Waals surface area contributed by atoms with E-state index in [2.05, 4.69) is 29.4 Å². The summed E-state index contributed by atoms with van der Waals surface area (Å²) in [7, 11) is 0. The van der Waals surface area contributed by atoms with Gasteiger partial charge in [-0.3, -0.25) is 4.79 Å². The number of benzene rings is 2. The maximum Gasteiger partial charge on any atom is 0.246 e. The lowest BCUT2D eigenvalue weighted by atomic mass is 10.2. The molecule has 0 N–H and O–H groups in total. The topological polar surface area (TPSA) is 54.9 Å². The number of piperazine rings is 1. The zero-order chi connectivity index (χ0) is 20.5. The minimum absolute atomic E-state index is 0.0290. The highest BCUT2D eigenvalue weighted by Gasteiger charge is 2.22. The quantitative estimate of drug-likeness (QED) is 0.451. The molecule has 0 atom stereocenters. The number of hydrogen-bond donors (Lipinski definition) is 0. The predicted octanol–water partition coefficient (Wildman–Crippen LogP) is 4.11. The number of aromatic nitrogens is 1. The number of nitrogens with zero attached hydrogens (tertiary/aromatic N) is 3. The number of hydrogen-bond acceptors (Lipinski definition) is 7. The van der Waals surface area contributed by atoms with Crippen LogP contribution in [0.1, 0.15) is 5.56 Å². The smallest absolute Gasteiger partial charge is 0.246 e. The molecule has 2 aliphatic rings. The fraction of sp³-hybridized carbons (Fsp3) is 0.273. The van der Waals surface area contributed by atoms with Gasteiger partial charge in [0.15, 0.2) is 16.6 Å². The van der Waals surface area contributed by atoms with Crippen molar-refractivity contribution in [3.8, 4) is 11.5 Å². The fourth-order valence-electron chi connectivity index (χ4n) is 3.62. The Morgan fingerprint density at radius 2 is 1.97 bits per heavy atom. The predicted molar refractivity (Wildman–Crippen MR) is 122 cm³/mol. The van der Waals surface area contributed by atoms with E-state index in [4.69, 9.17) is 14.5 Å². The molecular formula is C22H21N3O3S2. The minimum Gasteiger partial charge on any atom is -0.454 e. The number of amides is 1. The summed E-state index contributed by atoms with van der Waals surface area (Å²) in [6, 6.07) is 12.0. The first-order valence-corrected chi connectivity index (χ1v) is 11.8. The third-order valence-electron chi connectivity index (χ3n) is 5.27. The number of fused-ring (bicyclic) bond motifs is 2. The van der Waals surface area contributed by atoms with Crippen LogP contribution in [-0.2, 0) is 4.79 Å². The van der Waals surface area contributed by atoms with Crippen LogP contribution >= 0.6 is 23.1 Å². The standard InChI is InChI=1S/C22H21N3O3S2/c1-29-18-3-2-4-19-21(18)23-22(30-19)25-11-9-24(10-12-25)20(26)8-6-15-5-7-16-17(13-15)28-14-27-16/h2-8,13H,9-12,14H2,1H3/b8-6-. The molecule has 3 aromatic rings. The summed E-state index contributed by atoms with van der Waals surface area (Å²) in [6.45, 7) is 3.21. The second kappa shape index (κ2) is 8.20. The third kappa shape index (κ3) is 3.73. The van der Waals surface area contributed by atoms with Crippen molar-refractivity contribution in [1.82, 2.24) is 9.88 Å². The highest BCUT2D eigenvalue weighted by molar-refractivity contribution is 7.98. The van der Waals surface area contributed by atoms with Gasteiger partial charge in [-0.1, -0.05) is 23.5 Å². The molecule has 0 unspecified atom stereocenters. The maximum atomic E-state index is 12.6. The number of anilines is 1. The molecule has 1 saturated heterocycles. The van der Waals surface area contributed by atoms with Gasteiger partial charge in [0.05, 0.1) is 10.2 Å². The summed E-state index contributed by atoms with van der Waals surface area (Å²) in [4.78, 5) is 22.9. The highest BCUT2D eigenvalue weighted by Crippen LogP contribution is 2.35. The molecule has 8 heteroatoms. The lowest BCUT2D eigenvalue weighted by Crippen LogP contribution is -2.48. The molecule has 2 aromatic carbocycles. The van der Waals surface area contributed by atoms with E-state index in [9.17, 15) is 4.79 Å². The van der Waals surface area contributed by atoms with Crippen molar-refractivity contribution >= 4 is 50.4 Å². The summed E-state index contributed by atoms with van der Waals surface area (Å²) in [5, 5.41) is 1.04. The van der Waals surface area contributed by atoms with Crippen LogP contribution in [0, 0.1) is 0 Å². The molecule has 1 aromatic heterocycles. The molecule has 5 rings (SSSR count). The molecule has 0 bridgehead atoms. The van der Waals surface area contributed by atoms with E-state index < -0.39 is 0 Å². The maximum absolute atomic E-state index is 12.6. The van der Waals surface area contributed by atoms with Gasteiger partial charge in [0.25, 0.3) is 0 Å². The van der Waals surface area contributed by atoms with E-state index in [1.165, 1.54) is 9.60 Å². The van der Waals surface area contributed by atoms with Crippen molar-refractivity contribution in [2.75, 3.05) is 44.1 Å². The number of thioether (sulfide) groups is 1. The number of ether oxygens (including phenoxy) is 2. The second-order valence-electron chi connectivity index (χ2n) is 7.06. The van der Waals surface area contributed by atoms with Crippen LogP contribution in [0.3, 0.4) is 0 Å². The van der Waals surface area contributed by atoms with Crippen molar-refractivity contribution in [1.29, 1.82) is 0 Å². The SMILES string of the molecule is CSc1cccc2sc(N3CCN(C(=O)/C=C\c4ccc5c(c4)OCO5)CC3)nc12. The number of thiazole rings is 1. The van der Waals surface area contributed by atoms with Crippen molar-refractivity contribution in [3.05, 3.63) is 48.0 Å². The summed E-state index contributed by atoms with van der Waals surface area (Å²) in [6.07, 6.45) is 5.54. The molecule has 0 radical (unpaired) electrons. The minimum atomic E-state index is 0.0290. The molecule has 3 heterocycles. The van der Waals surface area contributed by atoms with Gasteiger partial charge in [0.1, 0.15) is 0 Å². The van der Waals surface area contributed by atoms with E-state index in [1.807, 2.05) is 29.2 Å². The van der Waals surface area contributed by atoms with Gasteiger partial charge in [-0.25, -0.2) is 4.98 Å². The number of carbonyl (C=O) groups is 1. The number of para-hydroxylation sites is 1. The molecule has 2 aliphatic heterocycles. The Morgan fingerprint density at radius 1 is 1.13 bits per heavy atom. The first-order valence-electron chi connectivity index (χ1n) is 9.76. The van der Waals surface area contributed by atoms with Crippen molar-refractivity contribution in [2.24, 2.45) is 0 Å². The van der Waals surface area contributed by atoms with Crippen LogP contribution in [0.5, 0.6) is 11.5 Å². The molecule has 1 amide bonds. The molecule has 6 nitrogen and oxygen atoms in total. The second-order valence-corrected chi connectivity index (χ2v) is 8.92. The number of carbonyl (C=O) groups excluding carboxylic acids is 1. The third-order valence-corrected chi connectivity index (χ3v) is 7.12. The van der Waals surface area contributed by atoms with E-state index in [1.54, 1.807) is 29.2 Å². The molecule has 154 valence electrons. The Morgan fingerprint density at radius 3 is 2.80 bits per heavy atom. The van der Waals surface area contributed by atoms with Crippen molar-refractivity contribution < 1.29 is 14.3 Å². The van der Waals surface area contributed by atoms with Crippen LogP contribution in [0.15, 0.2) is 47.4 Å². The molecule has 0 spiro atoms. The molecule has 0 saturated carbocycles. The highest BCUT2D eigenvalue weighted by atomic mass is 32.2. The van der Waals surface area contributed by atoms with Crippen LogP contribution in [0.4, 0.5) is 5.13 Å². The van der Waals surface area contributed by atoms with E-state index in [0.29, 0.717) is 13.1 Å². The van der Waals surface area contributed by atoms with Crippen molar-refractivity contribution in [3.63, 3.8) is 0 Å². The monoisotopic (exact) mass is 439 g/mol. The van der Waals surface area contributed by atoms with Crippen LogP contribution in [0.25, 0.3) is 16.3 Å². The number of rotatable bonds is 4. The lowest BCUT2D eigenvalue weighted by Gasteiger charge is -2.34. The lowest BCUT2D eigenvalue weighted by molar-refractivity contribution is -0.126. The zero-order valence-electron chi connectivity index (χ0n) is 16.5. The zero-order valence-corrected chi connectivity index (χ0v) is 18.2. The Balaban J connectivity index is 1.22. The van der Waals surface area contributed by atoms with E-state index in [0.717, 1.165) is 40.8 Å². The first-order chi connectivity index (χ1) is 14.7. The average Bonchev–Trinajstić information content (AvgIpc) is 3.43. The fourth-order valence-corrected chi connectivity index (χ4v) is 5.29. The van der Waals surface area contributed by atoms with Crippen LogP contribution < -0.4 is 14.4 Å². The van der Waals surface area contributed by atoms with Crippen LogP contribution in [0.2, 0.25) is 0 Å². The molecule has 30 heavy (non-hydrogen) atoms. The molecular weight excluding hydrogens is 418 g/mol. The van der Waals surface area contributed by atoms with Gasteiger partial charge in [-0.2, -0.15) is 0 Å². The summed E-state index contributed by atoms with van der Waals surface area (Å²) in [5.41, 5.74) is 2.00. The van der Waals surface area contributed by atoms with Crippen LogP contribution in [-0.4, -0.2) is 55.0 Å². The Bertz CT molecular complexity index is 1120. The van der Waals surface area contributed by atoms with Gasteiger partial charge in [-0.15, -0.1) is 11.8 Å². The van der Waals surface area contributed by atoms with Gasteiger partial charge in [0.2, 0.25) is 12.7 Å². The Kier molecular flexibility index (Phi) is 5.26. The van der Waals surface area contributed by atoms with Gasteiger partial charge < -0.3 is 19.3 Å². The molecule has 1 fully saturated rings. The Labute approximate surface area is 183 Å². The van der Waals surface area contributed by atoms with E-state index in [-0.39, 0.29) is 12.7 Å². The van der Waals surface area contributed by atoms with Gasteiger partial charge in [0, 0.05) is 37.2 Å². The molecule has 0 aliphatic carbocycles.